The van der Waals surface area contributed by atoms with E-state index in [4.69, 9.17) is 15.9 Å². The zero-order valence-corrected chi connectivity index (χ0v) is 15.9. The van der Waals surface area contributed by atoms with Crippen molar-refractivity contribution in [3.63, 3.8) is 0 Å². The minimum absolute atomic E-state index is 0.0645. The Morgan fingerprint density at radius 1 is 1.21 bits per heavy atom. The molecule has 0 aliphatic carbocycles. The second-order valence-electron chi connectivity index (χ2n) is 6.75. The van der Waals surface area contributed by atoms with E-state index < -0.39 is 0 Å². The van der Waals surface area contributed by atoms with E-state index in [1.807, 2.05) is 48.5 Å². The summed E-state index contributed by atoms with van der Waals surface area (Å²) >= 11 is 0. The number of benzene rings is 2. The molecule has 3 rings (SSSR count). The highest BCUT2D eigenvalue weighted by molar-refractivity contribution is 5.94. The molecule has 5 nitrogen and oxygen atoms in total. The fraction of sp³-hybridized carbons (Fsp3) is 0.348. The van der Waals surface area contributed by atoms with Gasteiger partial charge < -0.3 is 20.1 Å². The molecule has 28 heavy (non-hydrogen) atoms. The molecule has 0 radical (unpaired) electrons. The number of carbonyl (C=O) groups excluding carboxylic acids is 1. The molecule has 146 valence electrons. The number of carbonyl (C=O) groups is 1. The van der Waals surface area contributed by atoms with Crippen molar-refractivity contribution < 1.29 is 14.3 Å². The van der Waals surface area contributed by atoms with Gasteiger partial charge in [-0.3, -0.25) is 4.79 Å². The van der Waals surface area contributed by atoms with Crippen molar-refractivity contribution in [3.05, 3.63) is 65.2 Å². The topological polar surface area (TPSA) is 59.6 Å². The second-order valence-corrected chi connectivity index (χ2v) is 6.75. The van der Waals surface area contributed by atoms with Crippen molar-refractivity contribution in [2.24, 2.45) is 0 Å². The van der Waals surface area contributed by atoms with Gasteiger partial charge in [-0.1, -0.05) is 36.3 Å². The monoisotopic (exact) mass is 378 g/mol. The van der Waals surface area contributed by atoms with E-state index in [9.17, 15) is 4.79 Å². The molecule has 2 aromatic rings. The molecule has 0 bridgehead atoms. The molecule has 1 heterocycles. The number of hydrogen-bond acceptors (Lipinski definition) is 4. The average Bonchev–Trinajstić information content (AvgIpc) is 3.25. The zero-order chi connectivity index (χ0) is 19.6. The Bertz CT molecular complexity index is 823. The first-order valence-corrected chi connectivity index (χ1v) is 9.60. The summed E-state index contributed by atoms with van der Waals surface area (Å²) in [6.07, 6.45) is 7.49. The molecule has 5 heteroatoms. The number of hydrogen-bond donors (Lipinski definition) is 2. The van der Waals surface area contributed by atoms with Crippen LogP contribution in [-0.2, 0) is 17.8 Å². The van der Waals surface area contributed by atoms with Gasteiger partial charge in [0.15, 0.2) is 0 Å². The van der Waals surface area contributed by atoms with Gasteiger partial charge in [-0.05, 0) is 36.6 Å². The van der Waals surface area contributed by atoms with Crippen molar-refractivity contribution in [3.8, 4) is 18.1 Å². The van der Waals surface area contributed by atoms with Gasteiger partial charge in [0.2, 0.25) is 0 Å². The predicted octanol–water partition coefficient (Wildman–Crippen LogP) is 2.90. The maximum Gasteiger partial charge on any atom is 0.251 e. The lowest BCUT2D eigenvalue weighted by Gasteiger charge is -2.12. The Hall–Kier alpha value is -2.81. The van der Waals surface area contributed by atoms with E-state index in [1.54, 1.807) is 0 Å². The van der Waals surface area contributed by atoms with Crippen LogP contribution in [0.4, 0.5) is 0 Å². The van der Waals surface area contributed by atoms with Crippen LogP contribution in [0.2, 0.25) is 0 Å². The molecular formula is C23H26N2O3. The second kappa shape index (κ2) is 10.5. The lowest BCUT2D eigenvalue weighted by molar-refractivity contribution is 0.0857. The molecule has 1 saturated heterocycles. The van der Waals surface area contributed by atoms with Gasteiger partial charge in [-0.25, -0.2) is 0 Å². The van der Waals surface area contributed by atoms with E-state index in [0.717, 1.165) is 36.3 Å². The summed E-state index contributed by atoms with van der Waals surface area (Å²) in [7, 11) is 0. The summed E-state index contributed by atoms with van der Waals surface area (Å²) in [5.41, 5.74) is 2.75. The van der Waals surface area contributed by atoms with Crippen LogP contribution in [0, 0.1) is 12.3 Å². The van der Waals surface area contributed by atoms with Gasteiger partial charge in [-0.2, -0.15) is 0 Å². The Balaban J connectivity index is 1.51. The summed E-state index contributed by atoms with van der Waals surface area (Å²) in [6, 6.07) is 15.5. The molecule has 1 unspecified atom stereocenters. The van der Waals surface area contributed by atoms with E-state index in [2.05, 4.69) is 16.6 Å². The largest absolute Gasteiger partial charge is 0.481 e. The first-order chi connectivity index (χ1) is 13.8. The third-order valence-electron chi connectivity index (χ3n) is 4.63. The van der Waals surface area contributed by atoms with E-state index in [1.165, 1.54) is 0 Å². The Morgan fingerprint density at radius 3 is 2.93 bits per heavy atom. The van der Waals surface area contributed by atoms with Crippen LogP contribution in [0.3, 0.4) is 0 Å². The van der Waals surface area contributed by atoms with E-state index in [0.29, 0.717) is 25.2 Å². The Kier molecular flexibility index (Phi) is 7.48. The summed E-state index contributed by atoms with van der Waals surface area (Å²) in [5, 5.41) is 6.35. The first-order valence-electron chi connectivity index (χ1n) is 9.60. The summed E-state index contributed by atoms with van der Waals surface area (Å²) in [4.78, 5) is 12.4. The molecule has 0 aromatic heterocycles. The number of rotatable bonds is 9. The predicted molar refractivity (Wildman–Crippen MR) is 109 cm³/mol. The fourth-order valence-corrected chi connectivity index (χ4v) is 3.19. The highest BCUT2D eigenvalue weighted by Gasteiger charge is 2.16. The molecule has 1 aliphatic rings. The standard InChI is InChI=1S/C23H26N2O3/c1-2-12-28-22-11-4-3-8-20(22)16-24-15-18-7-5-9-19(14-18)23(26)25-17-21-10-6-13-27-21/h1,3-5,7-9,11,14,21,24H,6,10,12-13,15-17H2,(H,25,26). The minimum atomic E-state index is -0.0645. The Morgan fingerprint density at radius 2 is 2.11 bits per heavy atom. The number of ether oxygens (including phenoxy) is 2. The molecule has 2 aromatic carbocycles. The lowest BCUT2D eigenvalue weighted by atomic mass is 10.1. The van der Waals surface area contributed by atoms with Crippen LogP contribution in [0.1, 0.15) is 34.3 Å². The van der Waals surface area contributed by atoms with Gasteiger partial charge in [0.05, 0.1) is 6.10 Å². The van der Waals surface area contributed by atoms with Crippen LogP contribution < -0.4 is 15.4 Å². The van der Waals surface area contributed by atoms with Crippen LogP contribution in [0.5, 0.6) is 5.75 Å². The Labute approximate surface area is 166 Å². The highest BCUT2D eigenvalue weighted by Crippen LogP contribution is 2.18. The molecule has 1 aliphatic heterocycles. The van der Waals surface area contributed by atoms with Gasteiger partial charge in [0.1, 0.15) is 12.4 Å². The normalized spacial score (nSPS) is 15.8. The van der Waals surface area contributed by atoms with Gasteiger partial charge in [-0.15, -0.1) is 6.42 Å². The van der Waals surface area contributed by atoms with Crippen LogP contribution >= 0.6 is 0 Å². The lowest BCUT2D eigenvalue weighted by Crippen LogP contribution is -2.31. The summed E-state index contributed by atoms with van der Waals surface area (Å²) in [6.45, 7) is 2.90. The maximum atomic E-state index is 12.4. The summed E-state index contributed by atoms with van der Waals surface area (Å²) < 4.78 is 11.1. The molecule has 1 fully saturated rings. The third kappa shape index (κ3) is 5.85. The SMILES string of the molecule is C#CCOc1ccccc1CNCc1cccc(C(=O)NCC2CCCO2)c1. The maximum absolute atomic E-state index is 12.4. The van der Waals surface area contributed by atoms with Crippen LogP contribution in [0.15, 0.2) is 48.5 Å². The molecule has 2 N–H and O–H groups in total. The van der Waals surface area contributed by atoms with Gasteiger partial charge in [0.25, 0.3) is 5.91 Å². The summed E-state index contributed by atoms with van der Waals surface area (Å²) in [5.74, 6) is 3.20. The smallest absolute Gasteiger partial charge is 0.251 e. The first kappa shape index (κ1) is 19.9. The number of para-hydroxylation sites is 1. The van der Waals surface area contributed by atoms with Crippen molar-refractivity contribution in [1.82, 2.24) is 10.6 Å². The van der Waals surface area contributed by atoms with Crippen LogP contribution in [-0.4, -0.2) is 31.8 Å². The quantitative estimate of drug-likeness (QED) is 0.659. The minimum Gasteiger partial charge on any atom is -0.481 e. The molecule has 1 amide bonds. The number of terminal acetylenes is 1. The van der Waals surface area contributed by atoms with Crippen molar-refractivity contribution >= 4 is 5.91 Å². The van der Waals surface area contributed by atoms with Crippen molar-refractivity contribution in [2.75, 3.05) is 19.8 Å². The molecule has 0 spiro atoms. The molecule has 1 atom stereocenters. The van der Waals surface area contributed by atoms with E-state index >= 15 is 0 Å². The zero-order valence-electron chi connectivity index (χ0n) is 15.9. The average molecular weight is 378 g/mol. The number of amides is 1. The van der Waals surface area contributed by atoms with E-state index in [-0.39, 0.29) is 18.6 Å². The van der Waals surface area contributed by atoms with Gasteiger partial charge >= 0.3 is 0 Å². The van der Waals surface area contributed by atoms with Crippen molar-refractivity contribution in [1.29, 1.82) is 0 Å². The van der Waals surface area contributed by atoms with Crippen molar-refractivity contribution in [2.45, 2.75) is 32.0 Å². The fourth-order valence-electron chi connectivity index (χ4n) is 3.19. The highest BCUT2D eigenvalue weighted by atomic mass is 16.5. The third-order valence-corrected chi connectivity index (χ3v) is 4.63. The number of nitrogens with one attached hydrogen (secondary N) is 2. The molecule has 0 saturated carbocycles. The molecular weight excluding hydrogens is 352 g/mol. The van der Waals surface area contributed by atoms with Crippen LogP contribution in [0.25, 0.3) is 0 Å². The van der Waals surface area contributed by atoms with Gasteiger partial charge in [0, 0.05) is 37.4 Å².